The Hall–Kier alpha value is -0.220. The third kappa shape index (κ3) is 3.97. The van der Waals surface area contributed by atoms with Crippen molar-refractivity contribution in [2.75, 3.05) is 12.0 Å². The van der Waals surface area contributed by atoms with Gasteiger partial charge in [0.1, 0.15) is 0 Å². The fourth-order valence-corrected chi connectivity index (χ4v) is 0.718. The predicted octanol–water partition coefficient (Wildman–Crippen LogP) is 1.66. The molecule has 1 rings (SSSR count). The van der Waals surface area contributed by atoms with Gasteiger partial charge in [0.25, 0.3) is 0 Å². The van der Waals surface area contributed by atoms with Crippen LogP contribution in [0.1, 0.15) is 19.8 Å². The minimum atomic E-state index is -0.295. The summed E-state index contributed by atoms with van der Waals surface area (Å²) in [6.45, 7) is 2.14. The molecule has 5 heteroatoms. The van der Waals surface area contributed by atoms with Crippen molar-refractivity contribution in [2.24, 2.45) is 0 Å². The van der Waals surface area contributed by atoms with Gasteiger partial charge in [0, 0.05) is 24.6 Å². The second-order valence-corrected chi connectivity index (χ2v) is 3.64. The largest absolute Gasteiger partial charge is 0.273 e. The Bertz CT molecular complexity index is 157. The van der Waals surface area contributed by atoms with Crippen molar-refractivity contribution in [1.82, 2.24) is 4.42 Å². The highest BCUT2D eigenvalue weighted by molar-refractivity contribution is 7.98. The maximum Gasteiger partial charge on any atom is 0.244 e. The molecule has 0 saturated carbocycles. The molecule has 0 aromatic carbocycles. The average Bonchev–Trinajstić information content (AvgIpc) is 2.37. The van der Waals surface area contributed by atoms with Crippen LogP contribution in [0.4, 0.5) is 0 Å². The van der Waals surface area contributed by atoms with Gasteiger partial charge in [-0.15, -0.1) is 0 Å². The maximum absolute atomic E-state index is 10.4. The van der Waals surface area contributed by atoms with Gasteiger partial charge in [-0.05, 0) is 12.0 Å². The number of carbonyl (C=O) groups is 2. The summed E-state index contributed by atoms with van der Waals surface area (Å²) < 4.78 is 0.639. The quantitative estimate of drug-likeness (QED) is 0.487. The van der Waals surface area contributed by atoms with E-state index in [1.807, 2.05) is 11.8 Å². The Morgan fingerprint density at radius 2 is 1.75 bits per heavy atom. The van der Waals surface area contributed by atoms with Crippen LogP contribution in [0.5, 0.6) is 0 Å². The average molecular weight is 210 g/mol. The molecular formula is C7H12ClNO2S. The molecular weight excluding hydrogens is 198 g/mol. The van der Waals surface area contributed by atoms with E-state index in [4.69, 9.17) is 11.8 Å². The lowest BCUT2D eigenvalue weighted by Crippen LogP contribution is -2.16. The zero-order valence-corrected chi connectivity index (χ0v) is 8.74. The summed E-state index contributed by atoms with van der Waals surface area (Å²) >= 11 is 7.00. The van der Waals surface area contributed by atoms with E-state index < -0.39 is 0 Å². The second kappa shape index (κ2) is 6.31. The normalized spacial score (nSPS) is 16.1. The van der Waals surface area contributed by atoms with Gasteiger partial charge in [0.2, 0.25) is 11.8 Å². The number of hydrogen-bond acceptors (Lipinski definition) is 3. The lowest BCUT2D eigenvalue weighted by molar-refractivity contribution is -0.132. The van der Waals surface area contributed by atoms with Crippen molar-refractivity contribution in [3.63, 3.8) is 0 Å². The van der Waals surface area contributed by atoms with Crippen LogP contribution in [-0.4, -0.2) is 28.2 Å². The van der Waals surface area contributed by atoms with Gasteiger partial charge < -0.3 is 0 Å². The molecule has 1 saturated heterocycles. The first-order valence-corrected chi connectivity index (χ1v) is 5.37. The van der Waals surface area contributed by atoms with Crippen molar-refractivity contribution in [1.29, 1.82) is 0 Å². The number of nitrogens with zero attached hydrogens (tertiary/aromatic N) is 1. The van der Waals surface area contributed by atoms with E-state index in [1.54, 1.807) is 0 Å². The Morgan fingerprint density at radius 1 is 1.42 bits per heavy atom. The van der Waals surface area contributed by atoms with Gasteiger partial charge in [-0.3, -0.25) is 9.59 Å². The molecule has 0 spiro atoms. The number of imide groups is 1. The third-order valence-corrected chi connectivity index (χ3v) is 2.23. The molecule has 1 aliphatic rings. The van der Waals surface area contributed by atoms with Crippen molar-refractivity contribution >= 4 is 35.4 Å². The summed E-state index contributed by atoms with van der Waals surface area (Å²) in [5.74, 6) is 0.647. The van der Waals surface area contributed by atoms with E-state index in [9.17, 15) is 9.59 Å². The van der Waals surface area contributed by atoms with Crippen molar-refractivity contribution < 1.29 is 9.59 Å². The second-order valence-electron chi connectivity index (χ2n) is 2.15. The lowest BCUT2D eigenvalue weighted by atomic mass is 10.4. The van der Waals surface area contributed by atoms with Crippen molar-refractivity contribution in [2.45, 2.75) is 19.8 Å². The van der Waals surface area contributed by atoms with E-state index in [1.165, 1.54) is 5.75 Å². The highest BCUT2D eigenvalue weighted by atomic mass is 35.5. The summed E-state index contributed by atoms with van der Waals surface area (Å²) in [6.07, 6.45) is 2.63. The van der Waals surface area contributed by atoms with E-state index >= 15 is 0 Å². The summed E-state index contributed by atoms with van der Waals surface area (Å²) in [5.41, 5.74) is 0. The number of carbonyl (C=O) groups excluding carboxylic acids is 2. The first-order valence-electron chi connectivity index (χ1n) is 3.64. The molecule has 0 atom stereocenters. The van der Waals surface area contributed by atoms with Crippen LogP contribution < -0.4 is 0 Å². The van der Waals surface area contributed by atoms with Crippen molar-refractivity contribution in [3.8, 4) is 0 Å². The van der Waals surface area contributed by atoms with Gasteiger partial charge in [-0.25, -0.2) is 0 Å². The van der Waals surface area contributed by atoms with Gasteiger partial charge in [0.05, 0.1) is 0 Å². The summed E-state index contributed by atoms with van der Waals surface area (Å²) in [6, 6.07) is 0. The third-order valence-electron chi connectivity index (χ3n) is 1.28. The Morgan fingerprint density at radius 3 is 1.83 bits per heavy atom. The van der Waals surface area contributed by atoms with Crippen LogP contribution in [0.2, 0.25) is 0 Å². The van der Waals surface area contributed by atoms with Crippen LogP contribution >= 0.6 is 23.5 Å². The molecule has 0 unspecified atom stereocenters. The van der Waals surface area contributed by atoms with E-state index in [0.717, 1.165) is 0 Å². The van der Waals surface area contributed by atoms with Gasteiger partial charge in [-0.2, -0.15) is 16.2 Å². The molecule has 2 amide bonds. The van der Waals surface area contributed by atoms with Crippen LogP contribution in [0.25, 0.3) is 0 Å². The van der Waals surface area contributed by atoms with E-state index in [-0.39, 0.29) is 24.7 Å². The summed E-state index contributed by atoms with van der Waals surface area (Å²) in [7, 11) is 0. The molecule has 0 aromatic heterocycles. The molecule has 1 aliphatic heterocycles. The monoisotopic (exact) mass is 209 g/mol. The number of halogens is 1. The van der Waals surface area contributed by atoms with Gasteiger partial charge in [0.15, 0.2) is 0 Å². The van der Waals surface area contributed by atoms with Gasteiger partial charge >= 0.3 is 0 Å². The zero-order chi connectivity index (χ0) is 9.56. The first kappa shape index (κ1) is 11.8. The minimum Gasteiger partial charge on any atom is -0.273 e. The lowest BCUT2D eigenvalue weighted by Gasteiger charge is -1.96. The Balaban J connectivity index is 0.000000261. The topological polar surface area (TPSA) is 37.4 Å². The van der Waals surface area contributed by atoms with Crippen LogP contribution in [0.15, 0.2) is 0 Å². The summed E-state index contributed by atoms with van der Waals surface area (Å²) in [5, 5.41) is 0. The summed E-state index contributed by atoms with van der Waals surface area (Å²) in [4.78, 5) is 20.7. The molecule has 12 heavy (non-hydrogen) atoms. The van der Waals surface area contributed by atoms with Crippen LogP contribution in [-0.2, 0) is 9.59 Å². The molecule has 1 heterocycles. The standard InChI is InChI=1S/C4H4ClNO2.C3H8S/c5-6-3(7)1-2-4(6)8;1-3-4-2/h1-2H2;3H2,1-2H3. The minimum absolute atomic E-state index is 0.266. The molecule has 0 radical (unpaired) electrons. The SMILES string of the molecule is CCSC.O=C1CCC(=O)N1Cl. The van der Waals surface area contributed by atoms with Crippen LogP contribution in [0, 0.1) is 0 Å². The number of amides is 2. The molecule has 0 bridgehead atoms. The zero-order valence-electron chi connectivity index (χ0n) is 7.17. The molecule has 3 nitrogen and oxygen atoms in total. The number of hydrogen-bond donors (Lipinski definition) is 0. The fourth-order valence-electron chi connectivity index (χ4n) is 0.549. The maximum atomic E-state index is 10.4. The van der Waals surface area contributed by atoms with E-state index in [0.29, 0.717) is 4.42 Å². The molecule has 1 fully saturated rings. The molecule has 0 aliphatic carbocycles. The highest BCUT2D eigenvalue weighted by Crippen LogP contribution is 2.12. The van der Waals surface area contributed by atoms with Crippen molar-refractivity contribution in [3.05, 3.63) is 0 Å². The number of thioether (sulfide) groups is 1. The van der Waals surface area contributed by atoms with E-state index in [2.05, 4.69) is 13.2 Å². The van der Waals surface area contributed by atoms with Crippen LogP contribution in [0.3, 0.4) is 0 Å². The van der Waals surface area contributed by atoms with Gasteiger partial charge in [-0.1, -0.05) is 6.92 Å². The first-order chi connectivity index (χ1) is 5.63. The molecule has 70 valence electrons. The smallest absolute Gasteiger partial charge is 0.244 e. The highest BCUT2D eigenvalue weighted by Gasteiger charge is 2.26. The molecule has 0 N–H and O–H groups in total. The predicted molar refractivity (Wildman–Crippen MR) is 51.0 cm³/mol. The Labute approximate surface area is 81.5 Å². The number of rotatable bonds is 1. The fraction of sp³-hybridized carbons (Fsp3) is 0.714. The molecule has 0 aromatic rings. The Kier molecular flexibility index (Phi) is 6.20.